The Morgan fingerprint density at radius 3 is 1.97 bits per heavy atom. The van der Waals surface area contributed by atoms with Gasteiger partial charge in [-0.1, -0.05) is 103 Å². The Bertz CT molecular complexity index is 1620. The monoisotopic (exact) mass is 438 g/mol. The van der Waals surface area contributed by atoms with E-state index in [1.807, 2.05) is 0 Å². The second-order valence-corrected chi connectivity index (χ2v) is 12.7. The van der Waals surface area contributed by atoms with Gasteiger partial charge in [-0.3, -0.25) is 0 Å². The summed E-state index contributed by atoms with van der Waals surface area (Å²) in [5.41, 5.74) is 5.85. The van der Waals surface area contributed by atoms with Crippen LogP contribution in [0.15, 0.2) is 120 Å². The standard InChI is InChI=1S/C31H22OSi/c1-21-16-17-24-27(20-21)32-26-18-19-29-31(30(24)26)25-14-8-9-15-28(25)33(29,22-10-4-2-5-11-22)23-12-6-3-7-13-23/h2-20H,1H3. The Hall–Kier alpha value is -3.88. The lowest BCUT2D eigenvalue weighted by Crippen LogP contribution is -2.72. The Kier molecular flexibility index (Phi) is 3.85. The maximum Gasteiger partial charge on any atom is 0.180 e. The van der Waals surface area contributed by atoms with Crippen LogP contribution in [0.2, 0.25) is 0 Å². The van der Waals surface area contributed by atoms with E-state index in [2.05, 4.69) is 122 Å². The Labute approximate surface area is 194 Å². The maximum absolute atomic E-state index is 6.37. The molecule has 1 aromatic heterocycles. The molecule has 5 aromatic carbocycles. The van der Waals surface area contributed by atoms with E-state index in [1.54, 1.807) is 0 Å². The van der Waals surface area contributed by atoms with E-state index >= 15 is 0 Å². The fourth-order valence-corrected chi connectivity index (χ4v) is 11.1. The van der Waals surface area contributed by atoms with Crippen molar-refractivity contribution in [2.45, 2.75) is 6.92 Å². The molecule has 0 spiro atoms. The molecule has 0 unspecified atom stereocenters. The fraction of sp³-hybridized carbons (Fsp3) is 0.0323. The van der Waals surface area contributed by atoms with E-state index in [1.165, 1.54) is 48.2 Å². The second-order valence-electron chi connectivity index (χ2n) is 8.99. The molecule has 0 atom stereocenters. The van der Waals surface area contributed by atoms with Crippen molar-refractivity contribution in [2.75, 3.05) is 0 Å². The highest BCUT2D eigenvalue weighted by Crippen LogP contribution is 2.39. The molecule has 156 valence electrons. The van der Waals surface area contributed by atoms with Crippen molar-refractivity contribution in [2.24, 2.45) is 0 Å². The zero-order chi connectivity index (χ0) is 22.0. The van der Waals surface area contributed by atoms with Gasteiger partial charge in [0, 0.05) is 10.8 Å². The van der Waals surface area contributed by atoms with Gasteiger partial charge < -0.3 is 4.42 Å². The van der Waals surface area contributed by atoms with E-state index in [0.29, 0.717) is 0 Å². The number of aryl methyl sites for hydroxylation is 1. The minimum atomic E-state index is -2.46. The van der Waals surface area contributed by atoms with Gasteiger partial charge in [0.2, 0.25) is 0 Å². The highest BCUT2D eigenvalue weighted by atomic mass is 28.3. The minimum absolute atomic E-state index is 0.967. The molecule has 6 aromatic rings. The van der Waals surface area contributed by atoms with Crippen LogP contribution in [0.25, 0.3) is 33.1 Å². The average molecular weight is 439 g/mol. The molecular formula is C31H22OSi. The van der Waals surface area contributed by atoms with Crippen LogP contribution in [0.3, 0.4) is 0 Å². The first-order valence-corrected chi connectivity index (χ1v) is 13.5. The number of fused-ring (bicyclic) bond motifs is 7. The van der Waals surface area contributed by atoms with Crippen molar-refractivity contribution in [1.29, 1.82) is 0 Å². The number of hydrogen-bond donors (Lipinski definition) is 0. The topological polar surface area (TPSA) is 13.1 Å². The molecule has 0 aliphatic carbocycles. The smallest absolute Gasteiger partial charge is 0.180 e. The largest absolute Gasteiger partial charge is 0.456 e. The average Bonchev–Trinajstić information content (AvgIpc) is 3.38. The van der Waals surface area contributed by atoms with Crippen LogP contribution in [-0.4, -0.2) is 8.07 Å². The predicted octanol–water partition coefficient (Wildman–Crippen LogP) is 5.25. The normalized spacial score (nSPS) is 13.8. The van der Waals surface area contributed by atoms with Crippen LogP contribution in [0.4, 0.5) is 0 Å². The summed E-state index contributed by atoms with van der Waals surface area (Å²) in [6.07, 6.45) is 0. The van der Waals surface area contributed by atoms with Gasteiger partial charge in [-0.15, -0.1) is 0 Å². The van der Waals surface area contributed by atoms with E-state index in [0.717, 1.165) is 11.2 Å². The van der Waals surface area contributed by atoms with Crippen LogP contribution < -0.4 is 20.7 Å². The van der Waals surface area contributed by atoms with Crippen molar-refractivity contribution in [3.63, 3.8) is 0 Å². The summed E-state index contributed by atoms with van der Waals surface area (Å²) in [6, 6.07) is 42.4. The van der Waals surface area contributed by atoms with Crippen LogP contribution in [0.5, 0.6) is 0 Å². The van der Waals surface area contributed by atoms with Gasteiger partial charge in [-0.25, -0.2) is 0 Å². The van der Waals surface area contributed by atoms with Crippen LogP contribution >= 0.6 is 0 Å². The summed E-state index contributed by atoms with van der Waals surface area (Å²) in [7, 11) is -2.46. The molecule has 0 N–H and O–H groups in total. The molecular weight excluding hydrogens is 416 g/mol. The number of benzene rings is 5. The van der Waals surface area contributed by atoms with Gasteiger partial charge in [0.1, 0.15) is 11.2 Å². The lowest BCUT2D eigenvalue weighted by Gasteiger charge is -2.31. The molecule has 2 heterocycles. The minimum Gasteiger partial charge on any atom is -0.456 e. The molecule has 0 bridgehead atoms. The molecule has 7 rings (SSSR count). The molecule has 0 fully saturated rings. The molecule has 0 saturated carbocycles. The third kappa shape index (κ3) is 2.41. The Balaban J connectivity index is 1.72. The Morgan fingerprint density at radius 1 is 0.576 bits per heavy atom. The fourth-order valence-electron chi connectivity index (χ4n) is 5.91. The van der Waals surface area contributed by atoms with Gasteiger partial charge in [-0.2, -0.15) is 0 Å². The molecule has 33 heavy (non-hydrogen) atoms. The van der Waals surface area contributed by atoms with Crippen molar-refractivity contribution < 1.29 is 4.42 Å². The third-order valence-corrected chi connectivity index (χ3v) is 12.1. The molecule has 0 saturated heterocycles. The lowest BCUT2D eigenvalue weighted by atomic mass is 9.99. The summed E-state index contributed by atoms with van der Waals surface area (Å²) in [5.74, 6) is 0. The predicted molar refractivity (Wildman–Crippen MR) is 141 cm³/mol. The van der Waals surface area contributed by atoms with Gasteiger partial charge >= 0.3 is 0 Å². The van der Waals surface area contributed by atoms with Gasteiger partial charge in [0.25, 0.3) is 0 Å². The SMILES string of the molecule is Cc1ccc2c(c1)oc1ccc3c(c12)-c1ccccc1[Si]3(c1ccccc1)c1ccccc1. The molecule has 2 heteroatoms. The van der Waals surface area contributed by atoms with E-state index in [-0.39, 0.29) is 0 Å². The molecule has 1 aliphatic rings. The van der Waals surface area contributed by atoms with Crippen LogP contribution in [0, 0.1) is 6.92 Å². The number of furan rings is 1. The molecule has 1 nitrogen and oxygen atoms in total. The quantitative estimate of drug-likeness (QED) is 0.336. The number of rotatable bonds is 2. The van der Waals surface area contributed by atoms with E-state index in [9.17, 15) is 0 Å². The van der Waals surface area contributed by atoms with Crippen molar-refractivity contribution in [1.82, 2.24) is 0 Å². The van der Waals surface area contributed by atoms with Crippen molar-refractivity contribution >= 4 is 50.8 Å². The molecule has 1 aliphatic heterocycles. The molecule has 0 radical (unpaired) electrons. The molecule has 0 amide bonds. The van der Waals surface area contributed by atoms with E-state index in [4.69, 9.17) is 4.42 Å². The zero-order valence-corrected chi connectivity index (χ0v) is 19.4. The van der Waals surface area contributed by atoms with Crippen molar-refractivity contribution in [3.05, 3.63) is 121 Å². The summed E-state index contributed by atoms with van der Waals surface area (Å²) < 4.78 is 6.37. The summed E-state index contributed by atoms with van der Waals surface area (Å²) in [4.78, 5) is 0. The first-order chi connectivity index (χ1) is 16.3. The van der Waals surface area contributed by atoms with Crippen molar-refractivity contribution in [3.8, 4) is 11.1 Å². The zero-order valence-electron chi connectivity index (χ0n) is 18.4. The summed E-state index contributed by atoms with van der Waals surface area (Å²) >= 11 is 0. The van der Waals surface area contributed by atoms with Gasteiger partial charge in [0.15, 0.2) is 8.07 Å². The summed E-state index contributed by atoms with van der Waals surface area (Å²) in [5, 5.41) is 8.21. The van der Waals surface area contributed by atoms with E-state index < -0.39 is 8.07 Å². The third-order valence-electron chi connectivity index (χ3n) is 7.21. The Morgan fingerprint density at radius 2 is 1.24 bits per heavy atom. The van der Waals surface area contributed by atoms with Crippen LogP contribution in [0.1, 0.15) is 5.56 Å². The van der Waals surface area contributed by atoms with Gasteiger partial charge in [-0.05, 0) is 56.5 Å². The highest BCUT2D eigenvalue weighted by molar-refractivity contribution is 7.22. The first-order valence-electron chi connectivity index (χ1n) is 11.5. The highest BCUT2D eigenvalue weighted by Gasteiger charge is 2.49. The first kappa shape index (κ1) is 18.7. The number of hydrogen-bond acceptors (Lipinski definition) is 1. The second kappa shape index (κ2) is 6.81. The van der Waals surface area contributed by atoms with Gasteiger partial charge in [0.05, 0.1) is 0 Å². The maximum atomic E-state index is 6.37. The lowest BCUT2D eigenvalue weighted by molar-refractivity contribution is 0.668. The summed E-state index contributed by atoms with van der Waals surface area (Å²) in [6.45, 7) is 2.12. The van der Waals surface area contributed by atoms with Crippen LogP contribution in [-0.2, 0) is 0 Å².